The summed E-state index contributed by atoms with van der Waals surface area (Å²) >= 11 is 1.40. The lowest BCUT2D eigenvalue weighted by atomic mass is 9.73. The third kappa shape index (κ3) is 4.41. The van der Waals surface area contributed by atoms with Crippen molar-refractivity contribution in [1.29, 1.82) is 0 Å². The Morgan fingerprint density at radius 2 is 1.92 bits per heavy atom. The highest BCUT2D eigenvalue weighted by Gasteiger charge is 2.57. The maximum Gasteiger partial charge on any atom is 0.354 e. The van der Waals surface area contributed by atoms with E-state index in [1.807, 2.05) is 28.5 Å². The van der Waals surface area contributed by atoms with Crippen LogP contribution in [0.25, 0.3) is 0 Å². The summed E-state index contributed by atoms with van der Waals surface area (Å²) in [7, 11) is 1.53. The molecule has 0 saturated carbocycles. The van der Waals surface area contributed by atoms with Crippen LogP contribution in [0.1, 0.15) is 42.8 Å². The number of hydrogen-bond acceptors (Lipinski definition) is 7. The molecule has 0 bridgehead atoms. The minimum Gasteiger partial charge on any atom is -0.493 e. The third-order valence-corrected chi connectivity index (χ3v) is 7.75. The molecule has 0 fully saturated rings. The fourth-order valence-corrected chi connectivity index (χ4v) is 6.13. The predicted molar refractivity (Wildman–Crippen MR) is 142 cm³/mol. The van der Waals surface area contributed by atoms with E-state index in [1.54, 1.807) is 45.0 Å². The number of ether oxygens (including phenoxy) is 3. The van der Waals surface area contributed by atoms with Crippen LogP contribution in [0.2, 0.25) is 0 Å². The number of primary amides is 1. The zero-order valence-corrected chi connectivity index (χ0v) is 22.4. The first-order chi connectivity index (χ1) is 18.0. The molecule has 38 heavy (non-hydrogen) atoms. The number of nitrogens with two attached hydrogens (primary N) is 1. The fraction of sp³-hybridized carbons (Fsp3) is 0.310. The highest BCUT2D eigenvalue weighted by molar-refractivity contribution is 7.10. The second-order valence-corrected chi connectivity index (χ2v) is 11.3. The minimum atomic E-state index is -1.32. The van der Waals surface area contributed by atoms with Crippen LogP contribution < -0.4 is 15.2 Å². The van der Waals surface area contributed by atoms with Gasteiger partial charge in [-0.15, -0.1) is 11.3 Å². The van der Waals surface area contributed by atoms with Gasteiger partial charge in [-0.05, 0) is 80.1 Å². The molecule has 1 amide bonds. The van der Waals surface area contributed by atoms with Gasteiger partial charge in [-0.2, -0.15) is 0 Å². The summed E-state index contributed by atoms with van der Waals surface area (Å²) in [5.41, 5.74) is 6.13. The monoisotopic (exact) mass is 536 g/mol. The average Bonchev–Trinajstić information content (AvgIpc) is 3.50. The topological polar surface area (TPSA) is 91.1 Å². The molecule has 2 aliphatic rings. The normalized spacial score (nSPS) is 20.3. The molecule has 0 saturated heterocycles. The first-order valence-corrected chi connectivity index (χ1v) is 13.1. The summed E-state index contributed by atoms with van der Waals surface area (Å²) < 4.78 is 31.2. The molecule has 3 aromatic rings. The van der Waals surface area contributed by atoms with Gasteiger partial charge in [0.15, 0.2) is 11.5 Å². The van der Waals surface area contributed by atoms with E-state index in [-0.39, 0.29) is 0 Å². The van der Waals surface area contributed by atoms with Crippen molar-refractivity contribution in [2.45, 2.75) is 44.2 Å². The van der Waals surface area contributed by atoms with Gasteiger partial charge in [0, 0.05) is 17.5 Å². The second kappa shape index (κ2) is 9.47. The van der Waals surface area contributed by atoms with Crippen LogP contribution in [0.15, 0.2) is 65.7 Å². The lowest BCUT2D eigenvalue weighted by Crippen LogP contribution is -2.48. The molecule has 7 nitrogen and oxygen atoms in total. The molecule has 0 aliphatic carbocycles. The molecular formula is C29H29FN2O5S. The van der Waals surface area contributed by atoms with Gasteiger partial charge in [0.05, 0.1) is 13.2 Å². The Morgan fingerprint density at radius 3 is 2.55 bits per heavy atom. The number of methoxy groups -OCH3 is 1. The Labute approximate surface area is 224 Å². The van der Waals surface area contributed by atoms with E-state index in [0.717, 1.165) is 16.0 Å². The van der Waals surface area contributed by atoms with Crippen molar-refractivity contribution in [3.63, 3.8) is 0 Å². The van der Waals surface area contributed by atoms with Gasteiger partial charge in [0.25, 0.3) is 0 Å². The summed E-state index contributed by atoms with van der Waals surface area (Å²) in [6.07, 6.45) is 2.24. The van der Waals surface area contributed by atoms with E-state index in [0.29, 0.717) is 35.9 Å². The first-order valence-electron chi connectivity index (χ1n) is 12.2. The van der Waals surface area contributed by atoms with E-state index < -0.39 is 34.8 Å². The standard InChI is InChI=1S/C29H29FN2O5S/c1-28(2,3)37-26(33)21-16-29(27(31)34,24-9-6-12-38-24)25-20-15-23(36-19-8-5-7-18(30)14-19)22(35-4)13-17(20)10-11-32(21)25/h5-9,12-16,25H,10-11H2,1-4H3,(H2,31,34). The highest BCUT2D eigenvalue weighted by atomic mass is 32.1. The molecule has 0 spiro atoms. The number of hydrogen-bond donors (Lipinski definition) is 1. The lowest BCUT2D eigenvalue weighted by molar-refractivity contribution is -0.152. The van der Waals surface area contributed by atoms with E-state index in [4.69, 9.17) is 19.9 Å². The van der Waals surface area contributed by atoms with Crippen molar-refractivity contribution >= 4 is 23.2 Å². The second-order valence-electron chi connectivity index (χ2n) is 10.3. The Hall–Kier alpha value is -3.85. The lowest BCUT2D eigenvalue weighted by Gasteiger charge is -2.42. The van der Waals surface area contributed by atoms with Crippen LogP contribution in [-0.2, 0) is 26.2 Å². The number of rotatable bonds is 6. The molecule has 198 valence electrons. The number of benzene rings is 2. The largest absolute Gasteiger partial charge is 0.493 e. The Morgan fingerprint density at radius 1 is 1.13 bits per heavy atom. The van der Waals surface area contributed by atoms with Gasteiger partial charge < -0.3 is 24.8 Å². The molecular weight excluding hydrogens is 507 g/mol. The number of nitrogens with zero attached hydrogens (tertiary/aromatic N) is 1. The smallest absolute Gasteiger partial charge is 0.354 e. The number of esters is 1. The zero-order chi connectivity index (χ0) is 27.2. The molecule has 9 heteroatoms. The van der Waals surface area contributed by atoms with E-state index >= 15 is 0 Å². The number of thiophene rings is 1. The highest BCUT2D eigenvalue weighted by Crippen LogP contribution is 2.55. The Balaban J connectivity index is 1.68. The maximum absolute atomic E-state index is 13.9. The van der Waals surface area contributed by atoms with Crippen molar-refractivity contribution in [2.75, 3.05) is 13.7 Å². The van der Waals surface area contributed by atoms with Crippen LogP contribution >= 0.6 is 11.3 Å². The molecule has 2 aromatic carbocycles. The van der Waals surface area contributed by atoms with Crippen molar-refractivity contribution in [1.82, 2.24) is 4.90 Å². The van der Waals surface area contributed by atoms with Crippen molar-refractivity contribution in [3.05, 3.63) is 87.5 Å². The number of amides is 1. The quantitative estimate of drug-likeness (QED) is 0.433. The van der Waals surface area contributed by atoms with Gasteiger partial charge >= 0.3 is 5.97 Å². The van der Waals surface area contributed by atoms with Crippen LogP contribution in [0, 0.1) is 5.82 Å². The predicted octanol–water partition coefficient (Wildman–Crippen LogP) is 5.25. The van der Waals surface area contributed by atoms with Crippen LogP contribution in [-0.4, -0.2) is 36.0 Å². The number of carbonyl (C=O) groups excluding carboxylic acids is 2. The SMILES string of the molecule is COc1cc2c(cc1Oc1cccc(F)c1)C1N(CC2)C(C(=O)OC(C)(C)C)=CC1(C(N)=O)c1cccs1. The van der Waals surface area contributed by atoms with Gasteiger partial charge in [-0.3, -0.25) is 4.79 Å². The molecule has 0 radical (unpaired) electrons. The summed E-state index contributed by atoms with van der Waals surface area (Å²) in [5.74, 6) is -0.401. The van der Waals surface area contributed by atoms with Crippen molar-refractivity contribution < 1.29 is 28.2 Å². The van der Waals surface area contributed by atoms with E-state index in [9.17, 15) is 14.0 Å². The Kier molecular flexibility index (Phi) is 6.43. The number of halogens is 1. The van der Waals surface area contributed by atoms with Gasteiger partial charge in [0.2, 0.25) is 5.91 Å². The molecule has 3 heterocycles. The summed E-state index contributed by atoms with van der Waals surface area (Å²) in [5, 5.41) is 1.87. The first kappa shape index (κ1) is 25.8. The summed E-state index contributed by atoms with van der Waals surface area (Å²) in [4.78, 5) is 29.4. The number of fused-ring (bicyclic) bond motifs is 3. The Bertz CT molecular complexity index is 1430. The average molecular weight is 537 g/mol. The molecule has 2 N–H and O–H groups in total. The third-order valence-electron chi connectivity index (χ3n) is 6.73. The minimum absolute atomic E-state index is 0.297. The van der Waals surface area contributed by atoms with Gasteiger partial charge in [-0.1, -0.05) is 12.1 Å². The van der Waals surface area contributed by atoms with Gasteiger partial charge in [0.1, 0.15) is 28.3 Å². The van der Waals surface area contributed by atoms with Crippen molar-refractivity contribution in [3.8, 4) is 17.2 Å². The summed E-state index contributed by atoms with van der Waals surface area (Å²) in [6.45, 7) is 5.86. The molecule has 1 aromatic heterocycles. The fourth-order valence-electron chi connectivity index (χ4n) is 5.21. The van der Waals surface area contributed by atoms with Crippen LogP contribution in [0.3, 0.4) is 0 Å². The molecule has 5 rings (SSSR count). The van der Waals surface area contributed by atoms with Crippen LogP contribution in [0.5, 0.6) is 17.2 Å². The van der Waals surface area contributed by atoms with E-state index in [2.05, 4.69) is 0 Å². The summed E-state index contributed by atoms with van der Waals surface area (Å²) in [6, 6.07) is 12.6. The van der Waals surface area contributed by atoms with E-state index in [1.165, 1.54) is 30.6 Å². The van der Waals surface area contributed by atoms with Crippen molar-refractivity contribution in [2.24, 2.45) is 5.73 Å². The maximum atomic E-state index is 13.9. The number of carbonyl (C=O) groups is 2. The molecule has 2 aliphatic heterocycles. The zero-order valence-electron chi connectivity index (χ0n) is 21.6. The molecule has 2 unspecified atom stereocenters. The van der Waals surface area contributed by atoms with Crippen LogP contribution in [0.4, 0.5) is 4.39 Å². The molecule has 2 atom stereocenters. The van der Waals surface area contributed by atoms with Gasteiger partial charge in [-0.25, -0.2) is 9.18 Å².